The second-order valence-corrected chi connectivity index (χ2v) is 15.1. The molecule has 4 fully saturated rings. The van der Waals surface area contributed by atoms with Crippen LogP contribution in [0.15, 0.2) is 25.3 Å². The first-order valence-corrected chi connectivity index (χ1v) is 17.2. The van der Waals surface area contributed by atoms with E-state index in [1.807, 2.05) is 19.9 Å². The van der Waals surface area contributed by atoms with Crippen molar-refractivity contribution in [1.29, 1.82) is 0 Å². The SMILES string of the molecule is C=CCCCCOC(=O)[C@H]1[C@H]2C(=O)N([C@@H](CO)CC(C)C)C(C(=O)N(CC=C)CCN3CCOCC3)C23CC(Br)[C@@H]1S3. The third-order valence-electron chi connectivity index (χ3n) is 9.08. The molecule has 2 bridgehead atoms. The maximum Gasteiger partial charge on any atom is 0.310 e. The van der Waals surface area contributed by atoms with Crippen LogP contribution >= 0.6 is 27.7 Å². The molecule has 1 N–H and O–H groups in total. The normalized spacial score (nSPS) is 31.3. The highest BCUT2D eigenvalue weighted by Gasteiger charge is 2.76. The third kappa shape index (κ3) is 6.80. The Morgan fingerprint density at radius 2 is 2.00 bits per heavy atom. The van der Waals surface area contributed by atoms with Gasteiger partial charge in [0.1, 0.15) is 6.04 Å². The summed E-state index contributed by atoms with van der Waals surface area (Å²) in [4.78, 5) is 48.4. The molecule has 42 heavy (non-hydrogen) atoms. The monoisotopic (exact) mass is 669 g/mol. The smallest absolute Gasteiger partial charge is 0.310 e. The van der Waals surface area contributed by atoms with E-state index in [-0.39, 0.29) is 40.4 Å². The fourth-order valence-corrected chi connectivity index (χ4v) is 10.8. The van der Waals surface area contributed by atoms with Crippen molar-refractivity contribution >= 4 is 45.5 Å². The van der Waals surface area contributed by atoms with Gasteiger partial charge in [-0.1, -0.05) is 41.9 Å². The van der Waals surface area contributed by atoms with Crippen molar-refractivity contribution in [2.45, 2.75) is 72.9 Å². The Labute approximate surface area is 263 Å². The van der Waals surface area contributed by atoms with Crippen LogP contribution in [0.3, 0.4) is 0 Å². The molecule has 2 amide bonds. The molecule has 0 saturated carbocycles. The predicted molar refractivity (Wildman–Crippen MR) is 168 cm³/mol. The molecule has 0 aromatic rings. The molecule has 4 aliphatic rings. The lowest BCUT2D eigenvalue weighted by atomic mass is 9.71. The average molecular weight is 671 g/mol. The van der Waals surface area contributed by atoms with E-state index < -0.39 is 28.7 Å². The highest BCUT2D eigenvalue weighted by molar-refractivity contribution is 9.09. The van der Waals surface area contributed by atoms with Crippen LogP contribution < -0.4 is 0 Å². The van der Waals surface area contributed by atoms with Gasteiger partial charge in [0.2, 0.25) is 11.8 Å². The number of likely N-dealkylation sites (tertiary alicyclic amines) is 1. The number of hydrogen-bond donors (Lipinski definition) is 1. The molecule has 9 nitrogen and oxygen atoms in total. The van der Waals surface area contributed by atoms with Crippen molar-refractivity contribution in [3.8, 4) is 0 Å². The first-order chi connectivity index (χ1) is 20.2. The van der Waals surface area contributed by atoms with Gasteiger partial charge in [0, 0.05) is 42.8 Å². The maximum atomic E-state index is 14.7. The Morgan fingerprint density at radius 3 is 2.64 bits per heavy atom. The number of unbranched alkanes of at least 4 members (excludes halogenated alkanes) is 2. The first kappa shape index (κ1) is 33.5. The Balaban J connectivity index is 1.65. The van der Waals surface area contributed by atoms with Crippen molar-refractivity contribution < 1.29 is 29.0 Å². The summed E-state index contributed by atoms with van der Waals surface area (Å²) in [6.45, 7) is 16.4. The molecule has 236 valence electrons. The summed E-state index contributed by atoms with van der Waals surface area (Å²) < 4.78 is 10.5. The van der Waals surface area contributed by atoms with E-state index in [1.165, 1.54) is 0 Å². The fraction of sp³-hybridized carbons (Fsp3) is 0.774. The summed E-state index contributed by atoms with van der Waals surface area (Å²) in [6, 6.07) is -1.30. The molecule has 0 radical (unpaired) electrons. The summed E-state index contributed by atoms with van der Waals surface area (Å²) in [5.74, 6) is -1.79. The zero-order chi connectivity index (χ0) is 30.4. The van der Waals surface area contributed by atoms with Gasteiger partial charge in [0.05, 0.1) is 49.1 Å². The standard InChI is InChI=1S/C31H48BrN3O6S/c1-5-7-8-9-15-41-30(39)24-25-28(37)35(22(20-36)18-21(3)4)27(31(25)19-23(32)26(24)42-31)29(38)34(10-6-2)12-11-33-13-16-40-17-14-33/h5-6,21-27,36H,1-2,7-20H2,3-4H3/t22-,23?,24+,25+,26+,27?,31?/m1/s1. The number of allylic oxidation sites excluding steroid dienone is 1. The van der Waals surface area contributed by atoms with Gasteiger partial charge >= 0.3 is 5.97 Å². The number of halogens is 1. The number of nitrogens with zero attached hydrogens (tertiary/aromatic N) is 3. The second-order valence-electron chi connectivity index (χ2n) is 12.4. The molecule has 0 aromatic carbocycles. The van der Waals surface area contributed by atoms with E-state index >= 15 is 0 Å². The van der Waals surface area contributed by atoms with Crippen LogP contribution in [-0.2, 0) is 23.9 Å². The Kier molecular flexibility index (Phi) is 12.0. The lowest BCUT2D eigenvalue weighted by Crippen LogP contribution is -2.58. The van der Waals surface area contributed by atoms with Gasteiger partial charge < -0.3 is 24.4 Å². The number of fused-ring (bicyclic) bond motifs is 1. The van der Waals surface area contributed by atoms with Crippen LogP contribution in [0.1, 0.15) is 46.0 Å². The van der Waals surface area contributed by atoms with Crippen LogP contribution in [0, 0.1) is 17.8 Å². The van der Waals surface area contributed by atoms with Crippen LogP contribution in [0.4, 0.5) is 0 Å². The molecule has 1 spiro atoms. The van der Waals surface area contributed by atoms with Crippen LogP contribution in [-0.4, -0.2) is 124 Å². The quantitative estimate of drug-likeness (QED) is 0.116. The Hall–Kier alpha value is -1.40. The molecule has 11 heteroatoms. The summed E-state index contributed by atoms with van der Waals surface area (Å²) in [5, 5.41) is 10.4. The molecular formula is C31H48BrN3O6S. The molecule has 4 aliphatic heterocycles. The van der Waals surface area contributed by atoms with Gasteiger partial charge in [-0.2, -0.15) is 0 Å². The molecule has 3 unspecified atom stereocenters. The molecular weight excluding hydrogens is 622 g/mol. The molecule has 0 aliphatic carbocycles. The topological polar surface area (TPSA) is 99.6 Å². The van der Waals surface area contributed by atoms with Crippen molar-refractivity contribution in [3.63, 3.8) is 0 Å². The van der Waals surface area contributed by atoms with E-state index in [1.54, 1.807) is 27.6 Å². The maximum absolute atomic E-state index is 14.7. The number of alkyl halides is 1. The lowest BCUT2D eigenvalue weighted by molar-refractivity contribution is -0.154. The average Bonchev–Trinajstić information content (AvgIpc) is 3.57. The van der Waals surface area contributed by atoms with E-state index in [4.69, 9.17) is 9.47 Å². The van der Waals surface area contributed by atoms with E-state index in [9.17, 15) is 19.5 Å². The minimum absolute atomic E-state index is 0.0287. The van der Waals surface area contributed by atoms with Gasteiger partial charge in [-0.15, -0.1) is 24.9 Å². The first-order valence-electron chi connectivity index (χ1n) is 15.4. The zero-order valence-electron chi connectivity index (χ0n) is 25.1. The van der Waals surface area contributed by atoms with Crippen molar-refractivity contribution in [2.24, 2.45) is 17.8 Å². The number of carbonyl (C=O) groups is 3. The number of thioether (sulfide) groups is 1. The number of ether oxygens (including phenoxy) is 2. The fourth-order valence-electron chi connectivity index (χ4n) is 7.20. The third-order valence-corrected chi connectivity index (χ3v) is 12.3. The molecule has 4 heterocycles. The van der Waals surface area contributed by atoms with E-state index in [0.29, 0.717) is 52.3 Å². The second kappa shape index (κ2) is 15.1. The van der Waals surface area contributed by atoms with Crippen molar-refractivity contribution in [3.05, 3.63) is 25.3 Å². The van der Waals surface area contributed by atoms with Gasteiger partial charge in [0.15, 0.2) is 0 Å². The minimum atomic E-state index is -0.781. The number of morpholine rings is 1. The zero-order valence-corrected chi connectivity index (χ0v) is 27.5. The van der Waals surface area contributed by atoms with Crippen LogP contribution in [0.5, 0.6) is 0 Å². The number of esters is 1. The van der Waals surface area contributed by atoms with Gasteiger partial charge in [-0.25, -0.2) is 0 Å². The van der Waals surface area contributed by atoms with Gasteiger partial charge in [-0.05, 0) is 38.0 Å². The van der Waals surface area contributed by atoms with Crippen molar-refractivity contribution in [2.75, 3.05) is 59.2 Å². The minimum Gasteiger partial charge on any atom is -0.465 e. The number of rotatable bonds is 16. The van der Waals surface area contributed by atoms with E-state index in [0.717, 1.165) is 32.4 Å². The predicted octanol–water partition coefficient (Wildman–Crippen LogP) is 3.10. The number of carbonyl (C=O) groups excluding carboxylic acids is 3. The summed E-state index contributed by atoms with van der Waals surface area (Å²) >= 11 is 5.43. The Bertz CT molecular complexity index is 994. The summed E-state index contributed by atoms with van der Waals surface area (Å²) in [6.07, 6.45) is 7.21. The number of amides is 2. The number of aliphatic hydroxyl groups is 1. The molecule has 4 saturated heterocycles. The lowest BCUT2D eigenvalue weighted by Gasteiger charge is -2.40. The molecule has 4 rings (SSSR count). The van der Waals surface area contributed by atoms with Crippen LogP contribution in [0.25, 0.3) is 0 Å². The van der Waals surface area contributed by atoms with Crippen molar-refractivity contribution in [1.82, 2.24) is 14.7 Å². The number of aliphatic hydroxyl groups excluding tert-OH is 1. The summed E-state index contributed by atoms with van der Waals surface area (Å²) in [5.41, 5.74) is 0. The van der Waals surface area contributed by atoms with Crippen LogP contribution in [0.2, 0.25) is 0 Å². The molecule has 7 atom stereocenters. The number of hydrogen-bond acceptors (Lipinski definition) is 8. The summed E-state index contributed by atoms with van der Waals surface area (Å²) in [7, 11) is 0. The Morgan fingerprint density at radius 1 is 1.26 bits per heavy atom. The van der Waals surface area contributed by atoms with E-state index in [2.05, 4.69) is 34.0 Å². The largest absolute Gasteiger partial charge is 0.465 e. The van der Waals surface area contributed by atoms with Gasteiger partial charge in [0.25, 0.3) is 0 Å². The molecule has 0 aromatic heterocycles. The highest BCUT2D eigenvalue weighted by Crippen LogP contribution is 2.68. The highest BCUT2D eigenvalue weighted by atomic mass is 79.9. The van der Waals surface area contributed by atoms with Gasteiger partial charge in [-0.3, -0.25) is 19.3 Å².